The van der Waals surface area contributed by atoms with Crippen LogP contribution in [0.2, 0.25) is 0 Å². The third-order valence-corrected chi connectivity index (χ3v) is 3.47. The number of amides is 2. The molecule has 1 aliphatic rings. The molecule has 1 aliphatic heterocycles. The summed E-state index contributed by atoms with van der Waals surface area (Å²) in [4.78, 5) is 13.2. The molecule has 1 fully saturated rings. The van der Waals surface area contributed by atoms with Gasteiger partial charge in [0.1, 0.15) is 0 Å². The molecule has 5 nitrogen and oxygen atoms in total. The smallest absolute Gasteiger partial charge is 0.316 e. The third-order valence-electron chi connectivity index (χ3n) is 3.47. The van der Waals surface area contributed by atoms with E-state index in [2.05, 4.69) is 29.4 Å². The Hall–Kier alpha value is -1.75. The van der Waals surface area contributed by atoms with E-state index in [0.717, 1.165) is 18.8 Å². The molecule has 104 valence electrons. The van der Waals surface area contributed by atoms with E-state index >= 15 is 0 Å². The van der Waals surface area contributed by atoms with Gasteiger partial charge < -0.3 is 16.4 Å². The number of carbonyl (C=O) groups excluding carboxylic acids is 1. The molecule has 0 spiro atoms. The second kappa shape index (κ2) is 5.93. The molecule has 1 aromatic carbocycles. The molecule has 0 bridgehead atoms. The maximum Gasteiger partial charge on any atom is 0.316 e. The van der Waals surface area contributed by atoms with Crippen LogP contribution in [0.5, 0.6) is 0 Å². The first-order valence-electron chi connectivity index (χ1n) is 6.71. The summed E-state index contributed by atoms with van der Waals surface area (Å²) in [5, 5.41) is 6.07. The number of carbonyl (C=O) groups is 1. The van der Waals surface area contributed by atoms with Gasteiger partial charge in [0, 0.05) is 36.5 Å². The van der Waals surface area contributed by atoms with E-state index in [4.69, 9.17) is 5.73 Å². The van der Waals surface area contributed by atoms with E-state index in [-0.39, 0.29) is 0 Å². The maximum atomic E-state index is 10.7. The van der Waals surface area contributed by atoms with Crippen LogP contribution >= 0.6 is 0 Å². The highest BCUT2D eigenvalue weighted by atomic mass is 16.2. The Balaban J connectivity index is 1.88. The van der Waals surface area contributed by atoms with Crippen molar-refractivity contribution in [3.05, 3.63) is 24.3 Å². The number of nitrogens with one attached hydrogen (secondary N) is 2. The van der Waals surface area contributed by atoms with E-state index in [1.807, 2.05) is 24.3 Å². The Morgan fingerprint density at radius 1 is 1.32 bits per heavy atom. The van der Waals surface area contributed by atoms with Gasteiger partial charge in [0.15, 0.2) is 0 Å². The molecule has 0 saturated carbocycles. The maximum absolute atomic E-state index is 10.7. The summed E-state index contributed by atoms with van der Waals surface area (Å²) in [5.41, 5.74) is 6.86. The van der Waals surface area contributed by atoms with Gasteiger partial charge in [-0.1, -0.05) is 0 Å². The number of anilines is 2. The van der Waals surface area contributed by atoms with Crippen molar-refractivity contribution in [1.29, 1.82) is 0 Å². The van der Waals surface area contributed by atoms with Gasteiger partial charge in [-0.05, 0) is 44.5 Å². The topological polar surface area (TPSA) is 70.4 Å². The van der Waals surface area contributed by atoms with Crippen LogP contribution in [0.4, 0.5) is 16.2 Å². The van der Waals surface area contributed by atoms with Crippen molar-refractivity contribution in [1.82, 2.24) is 4.90 Å². The van der Waals surface area contributed by atoms with Gasteiger partial charge in [0.25, 0.3) is 0 Å². The number of rotatable bonds is 4. The van der Waals surface area contributed by atoms with Crippen molar-refractivity contribution in [2.75, 3.05) is 23.7 Å². The monoisotopic (exact) mass is 262 g/mol. The quantitative estimate of drug-likeness (QED) is 0.778. The summed E-state index contributed by atoms with van der Waals surface area (Å²) in [6, 6.07) is 8.19. The second-order valence-corrected chi connectivity index (χ2v) is 5.29. The van der Waals surface area contributed by atoms with Gasteiger partial charge in [0.05, 0.1) is 0 Å². The number of hydrogen-bond donors (Lipinski definition) is 3. The van der Waals surface area contributed by atoms with Crippen LogP contribution in [0, 0.1) is 0 Å². The molecule has 1 aromatic rings. The molecule has 1 saturated heterocycles. The highest BCUT2D eigenvalue weighted by Gasteiger charge is 2.23. The zero-order valence-corrected chi connectivity index (χ0v) is 11.5. The van der Waals surface area contributed by atoms with Crippen LogP contribution in [0.15, 0.2) is 24.3 Å². The second-order valence-electron chi connectivity index (χ2n) is 5.29. The molecule has 5 heteroatoms. The first kappa shape index (κ1) is 13.7. The number of nitrogens with zero attached hydrogens (tertiary/aromatic N) is 1. The molecule has 0 aromatic heterocycles. The summed E-state index contributed by atoms with van der Waals surface area (Å²) in [7, 11) is 0. The van der Waals surface area contributed by atoms with Gasteiger partial charge >= 0.3 is 6.03 Å². The molecule has 1 unspecified atom stereocenters. The summed E-state index contributed by atoms with van der Waals surface area (Å²) in [6.45, 7) is 6.69. The fourth-order valence-electron chi connectivity index (χ4n) is 2.40. The van der Waals surface area contributed by atoms with E-state index in [0.29, 0.717) is 17.8 Å². The molecule has 4 N–H and O–H groups in total. The lowest BCUT2D eigenvalue weighted by Gasteiger charge is -2.21. The van der Waals surface area contributed by atoms with Gasteiger partial charge in [-0.3, -0.25) is 4.90 Å². The van der Waals surface area contributed by atoms with Gasteiger partial charge in [-0.2, -0.15) is 0 Å². The number of primary amides is 1. The lowest BCUT2D eigenvalue weighted by atomic mass is 10.2. The molecule has 2 rings (SSSR count). The molecular weight excluding hydrogens is 240 g/mol. The van der Waals surface area contributed by atoms with Crippen LogP contribution in [0.1, 0.15) is 20.3 Å². The predicted molar refractivity (Wildman–Crippen MR) is 78.4 cm³/mol. The van der Waals surface area contributed by atoms with Crippen molar-refractivity contribution in [2.45, 2.75) is 32.4 Å². The molecule has 1 heterocycles. The zero-order chi connectivity index (χ0) is 13.8. The van der Waals surface area contributed by atoms with E-state index in [1.54, 1.807) is 0 Å². The molecule has 2 amide bonds. The third kappa shape index (κ3) is 3.86. The van der Waals surface area contributed by atoms with Gasteiger partial charge in [0.2, 0.25) is 0 Å². The largest absolute Gasteiger partial charge is 0.381 e. The highest BCUT2D eigenvalue weighted by Crippen LogP contribution is 2.19. The van der Waals surface area contributed by atoms with Crippen molar-refractivity contribution in [2.24, 2.45) is 5.73 Å². The SMILES string of the molecule is CC(C)N1CCC(Nc2ccc(NC(N)=O)cc2)C1. The fourth-order valence-corrected chi connectivity index (χ4v) is 2.40. The molecule has 19 heavy (non-hydrogen) atoms. The number of likely N-dealkylation sites (tertiary alicyclic amines) is 1. The number of benzene rings is 1. The fraction of sp³-hybridized carbons (Fsp3) is 0.500. The minimum absolute atomic E-state index is 0.498. The summed E-state index contributed by atoms with van der Waals surface area (Å²) in [6.07, 6.45) is 1.17. The van der Waals surface area contributed by atoms with Crippen LogP contribution in [-0.4, -0.2) is 36.1 Å². The van der Waals surface area contributed by atoms with Crippen LogP contribution in [0.25, 0.3) is 0 Å². The summed E-state index contributed by atoms with van der Waals surface area (Å²) in [5.74, 6) is 0. The van der Waals surface area contributed by atoms with Crippen LogP contribution in [0.3, 0.4) is 0 Å². The molecule has 0 aliphatic carbocycles. The van der Waals surface area contributed by atoms with Crippen LogP contribution < -0.4 is 16.4 Å². The van der Waals surface area contributed by atoms with E-state index < -0.39 is 6.03 Å². The minimum Gasteiger partial charge on any atom is -0.381 e. The molecule has 0 radical (unpaired) electrons. The Kier molecular flexibility index (Phi) is 4.27. The normalized spacial score (nSPS) is 19.6. The first-order chi connectivity index (χ1) is 9.04. The molecule has 1 atom stereocenters. The number of nitrogens with two attached hydrogens (primary N) is 1. The Morgan fingerprint density at radius 3 is 2.47 bits per heavy atom. The average molecular weight is 262 g/mol. The Bertz CT molecular complexity index is 430. The summed E-state index contributed by atoms with van der Waals surface area (Å²) < 4.78 is 0. The lowest BCUT2D eigenvalue weighted by Crippen LogP contribution is -2.31. The minimum atomic E-state index is -0.538. The highest BCUT2D eigenvalue weighted by molar-refractivity contribution is 5.87. The number of hydrogen-bond acceptors (Lipinski definition) is 3. The predicted octanol–water partition coefficient (Wildman–Crippen LogP) is 2.07. The standard InChI is InChI=1S/C14H22N4O/c1-10(2)18-8-7-13(9-18)16-11-3-5-12(6-4-11)17-14(15)19/h3-6,10,13,16H,7-9H2,1-2H3,(H3,15,17,19). The Labute approximate surface area is 114 Å². The first-order valence-corrected chi connectivity index (χ1v) is 6.71. The van der Waals surface area contributed by atoms with E-state index in [1.165, 1.54) is 6.42 Å². The average Bonchev–Trinajstić information content (AvgIpc) is 2.80. The number of urea groups is 1. The molecular formula is C14H22N4O. The van der Waals surface area contributed by atoms with Crippen LogP contribution in [-0.2, 0) is 0 Å². The summed E-state index contributed by atoms with van der Waals surface area (Å²) >= 11 is 0. The Morgan fingerprint density at radius 2 is 1.95 bits per heavy atom. The van der Waals surface area contributed by atoms with Gasteiger partial charge in [-0.15, -0.1) is 0 Å². The van der Waals surface area contributed by atoms with Crippen molar-refractivity contribution < 1.29 is 4.79 Å². The zero-order valence-electron chi connectivity index (χ0n) is 11.5. The van der Waals surface area contributed by atoms with E-state index in [9.17, 15) is 4.79 Å². The van der Waals surface area contributed by atoms with Crippen molar-refractivity contribution in [3.8, 4) is 0 Å². The van der Waals surface area contributed by atoms with Gasteiger partial charge in [-0.25, -0.2) is 4.79 Å². The van der Waals surface area contributed by atoms with Crippen molar-refractivity contribution >= 4 is 17.4 Å². The lowest BCUT2D eigenvalue weighted by molar-refractivity contribution is 0.259. The van der Waals surface area contributed by atoms with Crippen molar-refractivity contribution in [3.63, 3.8) is 0 Å².